The van der Waals surface area contributed by atoms with Crippen molar-refractivity contribution in [2.24, 2.45) is 0 Å². The van der Waals surface area contributed by atoms with Crippen LogP contribution in [-0.4, -0.2) is 13.4 Å². The summed E-state index contributed by atoms with van der Waals surface area (Å²) in [5, 5.41) is 0. The number of carbonyl (C=O) groups is 1. The normalized spacial score (nSPS) is 10.5. The fourth-order valence-electron chi connectivity index (χ4n) is 2.18. The highest BCUT2D eigenvalue weighted by molar-refractivity contribution is 5.78. The number of hydrogen-bond donors (Lipinski definition) is 0. The lowest BCUT2D eigenvalue weighted by atomic mass is 10.1. The van der Waals surface area contributed by atoms with Crippen LogP contribution in [-0.2, 0) is 6.42 Å². The zero-order valence-corrected chi connectivity index (χ0v) is 12.4. The van der Waals surface area contributed by atoms with Crippen LogP contribution in [0, 0.1) is 0 Å². The van der Waals surface area contributed by atoms with Gasteiger partial charge in [-0.05, 0) is 6.42 Å². The van der Waals surface area contributed by atoms with E-state index in [1.807, 2.05) is 0 Å². The molecule has 1 aromatic rings. The van der Waals surface area contributed by atoms with Gasteiger partial charge in [-0.3, -0.25) is 4.79 Å². The highest BCUT2D eigenvalue weighted by Crippen LogP contribution is 2.17. The molecule has 20 heavy (non-hydrogen) atoms. The van der Waals surface area contributed by atoms with Crippen molar-refractivity contribution in [3.63, 3.8) is 0 Å². The summed E-state index contributed by atoms with van der Waals surface area (Å²) in [4.78, 5) is 22.3. The standard InChI is InChI=1S/C16H24O4/c1-3-4-5-6-7-8-9-10-13-11-15(19-2)14(12-17)16(18)20-13/h11-12H,3-10H2,1-2H3. The zero-order valence-electron chi connectivity index (χ0n) is 12.4. The van der Waals surface area contributed by atoms with E-state index in [1.165, 1.54) is 39.2 Å². The average Bonchev–Trinajstić information content (AvgIpc) is 2.45. The Morgan fingerprint density at radius 1 is 1.15 bits per heavy atom. The first kappa shape index (κ1) is 16.5. The summed E-state index contributed by atoms with van der Waals surface area (Å²) in [5.74, 6) is 0.889. The summed E-state index contributed by atoms with van der Waals surface area (Å²) in [5.41, 5.74) is -0.659. The maximum Gasteiger partial charge on any atom is 0.350 e. The van der Waals surface area contributed by atoms with Crippen LogP contribution in [0.2, 0.25) is 0 Å². The molecular weight excluding hydrogens is 256 g/mol. The molecule has 0 fully saturated rings. The molecule has 0 spiro atoms. The third-order valence-corrected chi connectivity index (χ3v) is 3.37. The second kappa shape index (κ2) is 9.34. The van der Waals surface area contributed by atoms with E-state index in [9.17, 15) is 9.59 Å². The van der Waals surface area contributed by atoms with E-state index in [-0.39, 0.29) is 5.56 Å². The molecule has 1 heterocycles. The quantitative estimate of drug-likeness (QED) is 0.484. The Labute approximate surface area is 120 Å². The molecule has 112 valence electrons. The second-order valence-corrected chi connectivity index (χ2v) is 4.97. The van der Waals surface area contributed by atoms with E-state index in [2.05, 4.69) is 6.92 Å². The number of aryl methyl sites for hydroxylation is 1. The molecule has 0 saturated heterocycles. The van der Waals surface area contributed by atoms with E-state index in [4.69, 9.17) is 9.15 Å². The molecule has 4 heteroatoms. The summed E-state index contributed by atoms with van der Waals surface area (Å²) < 4.78 is 10.2. The zero-order chi connectivity index (χ0) is 14.8. The van der Waals surface area contributed by atoms with Gasteiger partial charge in [-0.15, -0.1) is 0 Å². The number of carbonyl (C=O) groups excluding carboxylic acids is 1. The van der Waals surface area contributed by atoms with Crippen LogP contribution in [0.25, 0.3) is 0 Å². The molecule has 0 radical (unpaired) electrons. The molecule has 0 aliphatic rings. The second-order valence-electron chi connectivity index (χ2n) is 4.97. The topological polar surface area (TPSA) is 56.5 Å². The molecule has 0 bridgehead atoms. The smallest absolute Gasteiger partial charge is 0.350 e. The summed E-state index contributed by atoms with van der Waals surface area (Å²) in [7, 11) is 1.44. The van der Waals surface area contributed by atoms with Gasteiger partial charge in [-0.25, -0.2) is 4.79 Å². The fourth-order valence-corrected chi connectivity index (χ4v) is 2.18. The predicted molar refractivity (Wildman–Crippen MR) is 78.6 cm³/mol. The Morgan fingerprint density at radius 2 is 1.80 bits per heavy atom. The van der Waals surface area contributed by atoms with Crippen molar-refractivity contribution in [2.75, 3.05) is 7.11 Å². The minimum absolute atomic E-state index is 0.0455. The van der Waals surface area contributed by atoms with Crippen LogP contribution >= 0.6 is 0 Å². The molecule has 1 rings (SSSR count). The summed E-state index contributed by atoms with van der Waals surface area (Å²) >= 11 is 0. The van der Waals surface area contributed by atoms with Gasteiger partial charge in [0, 0.05) is 12.5 Å². The van der Waals surface area contributed by atoms with Gasteiger partial charge < -0.3 is 9.15 Å². The first-order valence-electron chi connectivity index (χ1n) is 7.39. The van der Waals surface area contributed by atoms with Crippen LogP contribution in [0.15, 0.2) is 15.3 Å². The van der Waals surface area contributed by atoms with Crippen LogP contribution in [0.1, 0.15) is 68.0 Å². The molecule has 0 aliphatic carbocycles. The fraction of sp³-hybridized carbons (Fsp3) is 0.625. The van der Waals surface area contributed by atoms with E-state index in [0.717, 1.165) is 12.8 Å². The molecule has 0 amide bonds. The van der Waals surface area contributed by atoms with Crippen molar-refractivity contribution in [2.45, 2.75) is 58.3 Å². The molecule has 0 unspecified atom stereocenters. The molecule has 4 nitrogen and oxygen atoms in total. The average molecular weight is 280 g/mol. The van der Waals surface area contributed by atoms with Gasteiger partial charge in [-0.1, -0.05) is 45.4 Å². The van der Waals surface area contributed by atoms with Crippen molar-refractivity contribution < 1.29 is 13.9 Å². The number of hydrogen-bond acceptors (Lipinski definition) is 4. The first-order valence-corrected chi connectivity index (χ1v) is 7.39. The molecule has 0 aromatic carbocycles. The maximum absolute atomic E-state index is 11.6. The van der Waals surface area contributed by atoms with Gasteiger partial charge in [0.1, 0.15) is 17.1 Å². The van der Waals surface area contributed by atoms with E-state index in [0.29, 0.717) is 24.2 Å². The lowest BCUT2D eigenvalue weighted by Gasteiger charge is -2.05. The largest absolute Gasteiger partial charge is 0.496 e. The van der Waals surface area contributed by atoms with Gasteiger partial charge in [0.2, 0.25) is 0 Å². The minimum Gasteiger partial charge on any atom is -0.496 e. The molecule has 0 atom stereocenters. The Balaban J connectivity index is 2.43. The predicted octanol–water partition coefficient (Wildman–Crippen LogP) is 3.75. The van der Waals surface area contributed by atoms with Crippen molar-refractivity contribution in [3.05, 3.63) is 27.8 Å². The number of ether oxygens (including phenoxy) is 1. The lowest BCUT2D eigenvalue weighted by Crippen LogP contribution is -2.10. The van der Waals surface area contributed by atoms with Crippen molar-refractivity contribution in [3.8, 4) is 5.75 Å². The Bertz CT molecular complexity index is 462. The molecule has 1 aromatic heterocycles. The van der Waals surface area contributed by atoms with Crippen molar-refractivity contribution >= 4 is 6.29 Å². The maximum atomic E-state index is 11.6. The number of methoxy groups -OCH3 is 1. The van der Waals surface area contributed by atoms with Gasteiger partial charge in [0.05, 0.1) is 7.11 Å². The summed E-state index contributed by atoms with van der Waals surface area (Å²) in [6.07, 6.45) is 9.64. The Hall–Kier alpha value is -1.58. The number of rotatable bonds is 10. The van der Waals surface area contributed by atoms with Crippen molar-refractivity contribution in [1.82, 2.24) is 0 Å². The van der Waals surface area contributed by atoms with Gasteiger partial charge >= 0.3 is 5.63 Å². The van der Waals surface area contributed by atoms with Gasteiger partial charge in [0.25, 0.3) is 0 Å². The number of aldehydes is 1. The van der Waals surface area contributed by atoms with Crippen molar-refractivity contribution in [1.29, 1.82) is 0 Å². The molecule has 0 N–H and O–H groups in total. The molecule has 0 saturated carbocycles. The SMILES string of the molecule is CCCCCCCCCc1cc(OC)c(C=O)c(=O)o1. The van der Waals surface area contributed by atoms with Gasteiger partial charge in [-0.2, -0.15) is 0 Å². The summed E-state index contributed by atoms with van der Waals surface area (Å²) in [6, 6.07) is 1.64. The van der Waals surface area contributed by atoms with Crippen LogP contribution in [0.4, 0.5) is 0 Å². The third-order valence-electron chi connectivity index (χ3n) is 3.37. The minimum atomic E-state index is -0.614. The first-order chi connectivity index (χ1) is 9.72. The molecule has 0 aliphatic heterocycles. The highest BCUT2D eigenvalue weighted by Gasteiger charge is 2.11. The lowest BCUT2D eigenvalue weighted by molar-refractivity contribution is 0.111. The summed E-state index contributed by atoms with van der Waals surface area (Å²) in [6.45, 7) is 2.21. The number of unbranched alkanes of at least 4 members (excludes halogenated alkanes) is 6. The third kappa shape index (κ3) is 5.19. The highest BCUT2D eigenvalue weighted by atomic mass is 16.5. The molecular formula is C16H24O4. The van der Waals surface area contributed by atoms with Gasteiger partial charge in [0.15, 0.2) is 6.29 Å². The van der Waals surface area contributed by atoms with Crippen LogP contribution in [0.3, 0.4) is 0 Å². The Morgan fingerprint density at radius 3 is 2.40 bits per heavy atom. The van der Waals surface area contributed by atoms with E-state index in [1.54, 1.807) is 6.07 Å². The van der Waals surface area contributed by atoms with Crippen LogP contribution in [0.5, 0.6) is 5.75 Å². The van der Waals surface area contributed by atoms with E-state index >= 15 is 0 Å². The van der Waals surface area contributed by atoms with Crippen LogP contribution < -0.4 is 10.4 Å². The van der Waals surface area contributed by atoms with E-state index < -0.39 is 5.63 Å². The monoisotopic (exact) mass is 280 g/mol. The Kier molecular flexibility index (Phi) is 7.70.